The molecule has 0 amide bonds. The normalized spacial score (nSPS) is 11.8. The third-order valence-electron chi connectivity index (χ3n) is 2.52. The summed E-state index contributed by atoms with van der Waals surface area (Å²) in [4.78, 5) is 6.84. The van der Waals surface area contributed by atoms with Crippen molar-refractivity contribution in [2.45, 2.75) is 18.2 Å². The summed E-state index contributed by atoms with van der Waals surface area (Å²) in [6.07, 6.45) is -2.76. The highest BCUT2D eigenvalue weighted by molar-refractivity contribution is 7.92. The number of rotatable bonds is 6. The van der Waals surface area contributed by atoms with Crippen LogP contribution in [-0.2, 0) is 10.0 Å². The minimum Gasteiger partial charge on any atom is -0.464 e. The lowest BCUT2D eigenvalue weighted by atomic mass is 10.3. The van der Waals surface area contributed by atoms with Crippen LogP contribution in [0.2, 0.25) is 0 Å². The summed E-state index contributed by atoms with van der Waals surface area (Å²) in [6.45, 7) is 2.05. The minimum absolute atomic E-state index is 0.0414. The molecule has 7 nitrogen and oxygen atoms in total. The topological polar surface area (TPSA) is 90.4 Å². The van der Waals surface area contributed by atoms with E-state index in [4.69, 9.17) is 4.74 Å². The third kappa shape index (κ3) is 4.72. The van der Waals surface area contributed by atoms with E-state index < -0.39 is 27.0 Å². The SMILES string of the molecule is CCOc1ncc(NS(=O)(=O)c2ccccc2OC(F)(F)F)cn1. The zero-order chi connectivity index (χ0) is 17.8. The van der Waals surface area contributed by atoms with Crippen LogP contribution in [0, 0.1) is 0 Å². The predicted octanol–water partition coefficient (Wildman–Crippen LogP) is 2.57. The molecule has 2 rings (SSSR count). The summed E-state index contributed by atoms with van der Waals surface area (Å²) in [5.41, 5.74) is -0.0414. The van der Waals surface area contributed by atoms with Crippen molar-refractivity contribution >= 4 is 15.7 Å². The number of halogens is 3. The van der Waals surface area contributed by atoms with Gasteiger partial charge in [-0.05, 0) is 19.1 Å². The maximum absolute atomic E-state index is 12.4. The molecule has 0 saturated carbocycles. The number of anilines is 1. The van der Waals surface area contributed by atoms with E-state index in [9.17, 15) is 21.6 Å². The Morgan fingerprint density at radius 3 is 2.38 bits per heavy atom. The van der Waals surface area contributed by atoms with E-state index in [-0.39, 0.29) is 11.7 Å². The van der Waals surface area contributed by atoms with Crippen molar-refractivity contribution in [1.82, 2.24) is 9.97 Å². The standard InChI is InChI=1S/C13H12F3N3O4S/c1-2-22-12-17-7-9(8-18-12)19-24(20,21)11-6-4-3-5-10(11)23-13(14,15)16/h3-8,19H,2H2,1H3. The van der Waals surface area contributed by atoms with E-state index in [1.165, 1.54) is 12.1 Å². The lowest BCUT2D eigenvalue weighted by molar-refractivity contribution is -0.275. The zero-order valence-electron chi connectivity index (χ0n) is 12.2. The molecule has 130 valence electrons. The van der Waals surface area contributed by atoms with Gasteiger partial charge in [-0.1, -0.05) is 12.1 Å². The smallest absolute Gasteiger partial charge is 0.464 e. The molecule has 2 aromatic rings. The fraction of sp³-hybridized carbons (Fsp3) is 0.231. The third-order valence-corrected chi connectivity index (χ3v) is 3.94. The molecule has 0 atom stereocenters. The molecule has 0 spiro atoms. The van der Waals surface area contributed by atoms with Gasteiger partial charge in [0.15, 0.2) is 0 Å². The molecule has 1 heterocycles. The fourth-order valence-electron chi connectivity index (χ4n) is 1.66. The van der Waals surface area contributed by atoms with Crippen molar-refractivity contribution in [3.8, 4) is 11.8 Å². The van der Waals surface area contributed by atoms with Crippen molar-refractivity contribution in [1.29, 1.82) is 0 Å². The second-order valence-electron chi connectivity index (χ2n) is 4.29. The number of hydrogen-bond acceptors (Lipinski definition) is 6. The Balaban J connectivity index is 2.27. The van der Waals surface area contributed by atoms with Crippen LogP contribution in [-0.4, -0.2) is 31.4 Å². The molecule has 0 fully saturated rings. The van der Waals surface area contributed by atoms with Gasteiger partial charge in [-0.2, -0.15) is 0 Å². The molecular formula is C13H12F3N3O4S. The molecule has 0 bridgehead atoms. The molecule has 11 heteroatoms. The number of ether oxygens (including phenoxy) is 2. The van der Waals surface area contributed by atoms with E-state index in [0.717, 1.165) is 24.5 Å². The summed E-state index contributed by atoms with van der Waals surface area (Å²) in [5, 5.41) is 0. The van der Waals surface area contributed by atoms with Crippen LogP contribution < -0.4 is 14.2 Å². The van der Waals surface area contributed by atoms with E-state index in [2.05, 4.69) is 19.4 Å². The summed E-state index contributed by atoms with van der Waals surface area (Å²) in [7, 11) is -4.34. The summed E-state index contributed by atoms with van der Waals surface area (Å²) >= 11 is 0. The highest BCUT2D eigenvalue weighted by Crippen LogP contribution is 2.30. The van der Waals surface area contributed by atoms with Crippen molar-refractivity contribution < 1.29 is 31.1 Å². The number of nitrogens with one attached hydrogen (secondary N) is 1. The number of nitrogens with zero attached hydrogens (tertiary/aromatic N) is 2. The Hall–Kier alpha value is -2.56. The second kappa shape index (κ2) is 6.91. The van der Waals surface area contributed by atoms with Gasteiger partial charge in [0, 0.05) is 0 Å². The number of alkyl halides is 3. The molecular weight excluding hydrogens is 351 g/mol. The van der Waals surface area contributed by atoms with Gasteiger partial charge in [0.1, 0.15) is 10.6 Å². The molecule has 0 saturated heterocycles. The zero-order valence-corrected chi connectivity index (χ0v) is 13.1. The predicted molar refractivity (Wildman–Crippen MR) is 77.1 cm³/mol. The first-order chi connectivity index (χ1) is 11.2. The quantitative estimate of drug-likeness (QED) is 0.848. The van der Waals surface area contributed by atoms with Crippen LogP contribution in [0.25, 0.3) is 0 Å². The average Bonchev–Trinajstić information content (AvgIpc) is 2.48. The highest BCUT2D eigenvalue weighted by Gasteiger charge is 2.34. The molecule has 24 heavy (non-hydrogen) atoms. The van der Waals surface area contributed by atoms with E-state index in [1.807, 2.05) is 0 Å². The van der Waals surface area contributed by atoms with Crippen LogP contribution >= 0.6 is 0 Å². The van der Waals surface area contributed by atoms with Gasteiger partial charge in [0.2, 0.25) is 0 Å². The first-order valence-electron chi connectivity index (χ1n) is 6.53. The van der Waals surface area contributed by atoms with Crippen LogP contribution in [0.15, 0.2) is 41.6 Å². The molecule has 0 aliphatic heterocycles. The molecule has 1 aromatic heterocycles. The Labute approximate surface area is 135 Å². The highest BCUT2D eigenvalue weighted by atomic mass is 32.2. The first kappa shape index (κ1) is 17.8. The first-order valence-corrected chi connectivity index (χ1v) is 8.02. The molecule has 1 N–H and O–H groups in total. The fourth-order valence-corrected chi connectivity index (χ4v) is 2.82. The van der Waals surface area contributed by atoms with Crippen LogP contribution in [0.4, 0.5) is 18.9 Å². The average molecular weight is 363 g/mol. The van der Waals surface area contributed by atoms with Gasteiger partial charge in [-0.3, -0.25) is 4.72 Å². The molecule has 0 aliphatic carbocycles. The van der Waals surface area contributed by atoms with E-state index in [0.29, 0.717) is 6.61 Å². The van der Waals surface area contributed by atoms with Gasteiger partial charge >= 0.3 is 12.4 Å². The molecule has 1 aromatic carbocycles. The molecule has 0 unspecified atom stereocenters. The van der Waals surface area contributed by atoms with Crippen LogP contribution in [0.5, 0.6) is 11.8 Å². The second-order valence-corrected chi connectivity index (χ2v) is 5.94. The minimum atomic E-state index is -5.02. The number of hydrogen-bond donors (Lipinski definition) is 1. The maximum Gasteiger partial charge on any atom is 0.573 e. The van der Waals surface area contributed by atoms with Gasteiger partial charge < -0.3 is 9.47 Å². The maximum atomic E-state index is 12.4. The van der Waals surface area contributed by atoms with Crippen LogP contribution in [0.3, 0.4) is 0 Å². The Kier molecular flexibility index (Phi) is 5.12. The van der Waals surface area contributed by atoms with E-state index >= 15 is 0 Å². The Bertz CT molecular complexity index is 795. The number of aromatic nitrogens is 2. The Morgan fingerprint density at radius 1 is 1.17 bits per heavy atom. The lowest BCUT2D eigenvalue weighted by Crippen LogP contribution is -2.21. The summed E-state index contributed by atoms with van der Waals surface area (Å²) in [5.74, 6) is -0.843. The van der Waals surface area contributed by atoms with Crippen molar-refractivity contribution in [2.24, 2.45) is 0 Å². The van der Waals surface area contributed by atoms with E-state index in [1.54, 1.807) is 6.92 Å². The number of para-hydroxylation sites is 1. The molecule has 0 aliphatic rings. The Morgan fingerprint density at radius 2 is 1.79 bits per heavy atom. The monoisotopic (exact) mass is 363 g/mol. The molecule has 0 radical (unpaired) electrons. The van der Waals surface area contributed by atoms with Gasteiger partial charge in [0.05, 0.1) is 24.7 Å². The summed E-state index contributed by atoms with van der Waals surface area (Å²) < 4.78 is 72.5. The van der Waals surface area contributed by atoms with Crippen LogP contribution in [0.1, 0.15) is 6.92 Å². The van der Waals surface area contributed by atoms with Crippen molar-refractivity contribution in [2.75, 3.05) is 11.3 Å². The van der Waals surface area contributed by atoms with Crippen molar-refractivity contribution in [3.63, 3.8) is 0 Å². The lowest BCUT2D eigenvalue weighted by Gasteiger charge is -2.14. The van der Waals surface area contributed by atoms with Gasteiger partial charge in [-0.25, -0.2) is 18.4 Å². The summed E-state index contributed by atoms with van der Waals surface area (Å²) in [6, 6.07) is 4.42. The number of sulfonamides is 1. The van der Waals surface area contributed by atoms with Gasteiger partial charge in [0.25, 0.3) is 10.0 Å². The largest absolute Gasteiger partial charge is 0.573 e. The van der Waals surface area contributed by atoms with Gasteiger partial charge in [-0.15, -0.1) is 13.2 Å². The number of benzene rings is 1. The van der Waals surface area contributed by atoms with Crippen molar-refractivity contribution in [3.05, 3.63) is 36.7 Å².